The van der Waals surface area contributed by atoms with Gasteiger partial charge in [-0.2, -0.15) is 0 Å². The molecule has 2 rings (SSSR count). The van der Waals surface area contributed by atoms with E-state index in [1.54, 1.807) is 0 Å². The highest BCUT2D eigenvalue weighted by Crippen LogP contribution is 2.44. The zero-order valence-corrected chi connectivity index (χ0v) is 10.9. The molecule has 0 radical (unpaired) electrons. The Labute approximate surface area is 102 Å². The lowest BCUT2D eigenvalue weighted by molar-refractivity contribution is 0.205. The van der Waals surface area contributed by atoms with Crippen LogP contribution in [0, 0.1) is 5.41 Å². The molecule has 0 aromatic carbocycles. The van der Waals surface area contributed by atoms with E-state index in [9.17, 15) is 5.11 Å². The van der Waals surface area contributed by atoms with Gasteiger partial charge in [-0.1, -0.05) is 19.9 Å². The second-order valence-electron chi connectivity index (χ2n) is 5.62. The van der Waals surface area contributed by atoms with Gasteiger partial charge in [0, 0.05) is 35.4 Å². The van der Waals surface area contributed by atoms with Crippen LogP contribution in [-0.2, 0) is 5.41 Å². The van der Waals surface area contributed by atoms with E-state index in [0.29, 0.717) is 6.61 Å². The van der Waals surface area contributed by atoms with Crippen molar-refractivity contribution in [2.45, 2.75) is 32.1 Å². The SMILES string of the molecule is CC(C)(CNCC1(CO)CC1)c1cccs1. The first-order chi connectivity index (χ1) is 7.58. The standard InChI is InChI=1S/C13H21NOS/c1-12(2,11-4-3-7-16-11)8-14-9-13(10-15)5-6-13/h3-4,7,14-15H,5-6,8-10H2,1-2H3. The maximum Gasteiger partial charge on any atom is 0.0499 e. The molecule has 90 valence electrons. The van der Waals surface area contributed by atoms with Gasteiger partial charge in [-0.3, -0.25) is 0 Å². The molecule has 1 aliphatic carbocycles. The van der Waals surface area contributed by atoms with Crippen LogP contribution >= 0.6 is 11.3 Å². The minimum atomic E-state index is 0.194. The lowest BCUT2D eigenvalue weighted by Gasteiger charge is -2.25. The molecule has 0 saturated heterocycles. The van der Waals surface area contributed by atoms with Crippen LogP contribution in [0.2, 0.25) is 0 Å². The van der Waals surface area contributed by atoms with Crippen LogP contribution in [0.15, 0.2) is 17.5 Å². The van der Waals surface area contributed by atoms with E-state index in [1.807, 2.05) is 11.3 Å². The lowest BCUT2D eigenvalue weighted by Crippen LogP contribution is -2.36. The van der Waals surface area contributed by atoms with Gasteiger partial charge in [-0.15, -0.1) is 11.3 Å². The Hall–Kier alpha value is -0.380. The summed E-state index contributed by atoms with van der Waals surface area (Å²) >= 11 is 1.82. The third-order valence-corrected chi connectivity index (χ3v) is 4.78. The van der Waals surface area contributed by atoms with Crippen LogP contribution < -0.4 is 5.32 Å². The molecule has 1 aromatic rings. The maximum absolute atomic E-state index is 9.23. The maximum atomic E-state index is 9.23. The first-order valence-electron chi connectivity index (χ1n) is 5.94. The highest BCUT2D eigenvalue weighted by molar-refractivity contribution is 7.10. The van der Waals surface area contributed by atoms with Crippen LogP contribution in [0.5, 0.6) is 0 Å². The van der Waals surface area contributed by atoms with E-state index in [1.165, 1.54) is 17.7 Å². The predicted octanol–water partition coefficient (Wildman–Crippen LogP) is 2.39. The summed E-state index contributed by atoms with van der Waals surface area (Å²) < 4.78 is 0. The fraction of sp³-hybridized carbons (Fsp3) is 0.692. The molecule has 0 bridgehead atoms. The number of thiophene rings is 1. The summed E-state index contributed by atoms with van der Waals surface area (Å²) in [5.74, 6) is 0. The van der Waals surface area contributed by atoms with E-state index in [4.69, 9.17) is 0 Å². The minimum Gasteiger partial charge on any atom is -0.396 e. The molecule has 0 aliphatic heterocycles. The molecular weight excluding hydrogens is 218 g/mol. The molecule has 1 fully saturated rings. The first-order valence-corrected chi connectivity index (χ1v) is 6.82. The van der Waals surface area contributed by atoms with E-state index < -0.39 is 0 Å². The van der Waals surface area contributed by atoms with Crippen LogP contribution in [-0.4, -0.2) is 24.8 Å². The first kappa shape index (κ1) is 12.1. The fourth-order valence-corrected chi connectivity index (χ4v) is 2.81. The molecule has 2 nitrogen and oxygen atoms in total. The molecule has 16 heavy (non-hydrogen) atoms. The topological polar surface area (TPSA) is 32.3 Å². The molecule has 0 spiro atoms. The van der Waals surface area contributed by atoms with Crippen molar-refractivity contribution in [3.8, 4) is 0 Å². The van der Waals surface area contributed by atoms with Gasteiger partial charge in [0.05, 0.1) is 0 Å². The van der Waals surface area contributed by atoms with Crippen molar-refractivity contribution in [1.29, 1.82) is 0 Å². The zero-order chi connectivity index (χ0) is 11.6. The summed E-state index contributed by atoms with van der Waals surface area (Å²) in [7, 11) is 0. The third-order valence-electron chi connectivity index (χ3n) is 3.55. The van der Waals surface area contributed by atoms with Gasteiger partial charge in [-0.25, -0.2) is 0 Å². The smallest absolute Gasteiger partial charge is 0.0499 e. The van der Waals surface area contributed by atoms with Gasteiger partial charge in [0.2, 0.25) is 0 Å². The highest BCUT2D eigenvalue weighted by Gasteiger charge is 2.41. The van der Waals surface area contributed by atoms with Crippen molar-refractivity contribution in [2.75, 3.05) is 19.7 Å². The molecule has 1 aromatic heterocycles. The summed E-state index contributed by atoms with van der Waals surface area (Å²) in [5, 5.41) is 14.9. The van der Waals surface area contributed by atoms with Crippen molar-refractivity contribution in [2.24, 2.45) is 5.41 Å². The third kappa shape index (κ3) is 2.65. The molecule has 1 aliphatic rings. The molecular formula is C13H21NOS. The Morgan fingerprint density at radius 2 is 2.25 bits per heavy atom. The second kappa shape index (κ2) is 4.47. The van der Waals surface area contributed by atoms with Gasteiger partial charge in [0.25, 0.3) is 0 Å². The molecule has 1 saturated carbocycles. The van der Waals surface area contributed by atoms with E-state index >= 15 is 0 Å². The van der Waals surface area contributed by atoms with E-state index in [0.717, 1.165) is 13.1 Å². The van der Waals surface area contributed by atoms with Crippen molar-refractivity contribution >= 4 is 11.3 Å². The Balaban J connectivity index is 1.81. The summed E-state index contributed by atoms with van der Waals surface area (Å²) in [6.07, 6.45) is 2.35. The quantitative estimate of drug-likeness (QED) is 0.799. The van der Waals surface area contributed by atoms with Gasteiger partial charge < -0.3 is 10.4 Å². The molecule has 1 heterocycles. The predicted molar refractivity (Wildman–Crippen MR) is 69.0 cm³/mol. The van der Waals surface area contributed by atoms with E-state index in [-0.39, 0.29) is 10.8 Å². The lowest BCUT2D eigenvalue weighted by atomic mass is 9.91. The number of rotatable bonds is 6. The molecule has 2 N–H and O–H groups in total. The number of hydrogen-bond acceptors (Lipinski definition) is 3. The Morgan fingerprint density at radius 1 is 1.50 bits per heavy atom. The largest absolute Gasteiger partial charge is 0.396 e. The summed E-state index contributed by atoms with van der Waals surface area (Å²) in [4.78, 5) is 1.42. The Kier molecular flexibility index (Phi) is 3.38. The number of hydrogen-bond donors (Lipinski definition) is 2. The average Bonchev–Trinajstić information content (AvgIpc) is 2.81. The number of aliphatic hydroxyl groups is 1. The second-order valence-corrected chi connectivity index (χ2v) is 6.57. The van der Waals surface area contributed by atoms with Crippen molar-refractivity contribution in [3.05, 3.63) is 22.4 Å². The fourth-order valence-electron chi connectivity index (χ4n) is 1.96. The number of aliphatic hydroxyl groups excluding tert-OH is 1. The monoisotopic (exact) mass is 239 g/mol. The van der Waals surface area contributed by atoms with Crippen molar-refractivity contribution < 1.29 is 5.11 Å². The molecule has 0 atom stereocenters. The normalized spacial score (nSPS) is 18.7. The summed E-state index contributed by atoms with van der Waals surface area (Å²) in [5.41, 5.74) is 0.408. The molecule has 0 unspecified atom stereocenters. The zero-order valence-electron chi connectivity index (χ0n) is 10.1. The van der Waals surface area contributed by atoms with Crippen LogP contribution in [0.25, 0.3) is 0 Å². The van der Waals surface area contributed by atoms with Crippen molar-refractivity contribution in [3.63, 3.8) is 0 Å². The Bertz CT molecular complexity index is 328. The average molecular weight is 239 g/mol. The highest BCUT2D eigenvalue weighted by atomic mass is 32.1. The van der Waals surface area contributed by atoms with Gasteiger partial charge in [0.15, 0.2) is 0 Å². The van der Waals surface area contributed by atoms with Crippen molar-refractivity contribution in [1.82, 2.24) is 5.32 Å². The number of nitrogens with one attached hydrogen (secondary N) is 1. The van der Waals surface area contributed by atoms with Crippen LogP contribution in [0.3, 0.4) is 0 Å². The van der Waals surface area contributed by atoms with Crippen LogP contribution in [0.1, 0.15) is 31.6 Å². The van der Waals surface area contributed by atoms with Crippen LogP contribution in [0.4, 0.5) is 0 Å². The summed E-state index contributed by atoms with van der Waals surface area (Å²) in [6.45, 7) is 6.81. The van der Waals surface area contributed by atoms with Gasteiger partial charge >= 0.3 is 0 Å². The van der Waals surface area contributed by atoms with Gasteiger partial charge in [0.1, 0.15) is 0 Å². The summed E-state index contributed by atoms with van der Waals surface area (Å²) in [6, 6.07) is 4.31. The van der Waals surface area contributed by atoms with E-state index in [2.05, 4.69) is 36.7 Å². The molecule has 0 amide bonds. The Morgan fingerprint density at radius 3 is 2.75 bits per heavy atom. The minimum absolute atomic E-state index is 0.194. The molecule has 3 heteroatoms. The van der Waals surface area contributed by atoms with Gasteiger partial charge in [-0.05, 0) is 24.3 Å².